The van der Waals surface area contributed by atoms with Gasteiger partial charge in [-0.05, 0) is 88.5 Å². The van der Waals surface area contributed by atoms with Crippen molar-refractivity contribution in [1.29, 1.82) is 0 Å². The molecule has 2 aromatic rings. The number of benzene rings is 2. The van der Waals surface area contributed by atoms with Crippen LogP contribution in [0.4, 0.5) is 0 Å². The van der Waals surface area contributed by atoms with Gasteiger partial charge in [0.2, 0.25) is 0 Å². The Balaban J connectivity index is 2.47. The Morgan fingerprint density at radius 1 is 0.731 bits per heavy atom. The minimum absolute atomic E-state index is 0.425. The minimum Gasteiger partial charge on any atom is -0.507 e. The van der Waals surface area contributed by atoms with Crippen molar-refractivity contribution in [3.8, 4) is 11.5 Å². The van der Waals surface area contributed by atoms with Crippen LogP contribution in [0.15, 0.2) is 24.3 Å². The first-order valence-corrected chi connectivity index (χ1v) is 11.6. The molecule has 0 radical (unpaired) electrons. The Kier molecular flexibility index (Phi) is 7.53. The van der Waals surface area contributed by atoms with Gasteiger partial charge in [-0.1, -0.05) is 38.8 Å². The van der Waals surface area contributed by atoms with Crippen molar-refractivity contribution in [3.05, 3.63) is 46.5 Å². The molecule has 2 aromatic carbocycles. The molecular formula is C23H33O2P. The fraction of sp³-hybridized carbons (Fsp3) is 0.478. The smallest absolute Gasteiger partial charge is 0.126 e. The monoisotopic (exact) mass is 372 g/mol. The van der Waals surface area contributed by atoms with Gasteiger partial charge in [0.15, 0.2) is 0 Å². The fourth-order valence-electron chi connectivity index (χ4n) is 3.42. The Bertz CT molecular complexity index is 689. The predicted octanol–water partition coefficient (Wildman–Crippen LogP) is 5.46. The third kappa shape index (κ3) is 4.80. The van der Waals surface area contributed by atoms with Crippen molar-refractivity contribution in [3.63, 3.8) is 0 Å². The second kappa shape index (κ2) is 9.42. The highest BCUT2D eigenvalue weighted by atomic mass is 31.1. The molecule has 26 heavy (non-hydrogen) atoms. The van der Waals surface area contributed by atoms with Crippen molar-refractivity contribution >= 4 is 18.5 Å². The first-order chi connectivity index (χ1) is 12.4. The van der Waals surface area contributed by atoms with Crippen LogP contribution in [0.5, 0.6) is 11.5 Å². The summed E-state index contributed by atoms with van der Waals surface area (Å²) in [5.41, 5.74) is 4.43. The van der Waals surface area contributed by atoms with Crippen LogP contribution in [-0.4, -0.2) is 16.9 Å². The van der Waals surface area contributed by atoms with Gasteiger partial charge in [-0.3, -0.25) is 0 Å². The molecular weight excluding hydrogens is 339 g/mol. The first-order valence-electron chi connectivity index (χ1n) is 9.77. The lowest BCUT2D eigenvalue weighted by Gasteiger charge is -2.21. The molecule has 0 heterocycles. The summed E-state index contributed by atoms with van der Waals surface area (Å²) in [6.07, 6.45) is 6.19. The summed E-state index contributed by atoms with van der Waals surface area (Å²) in [5.74, 6) is 0.849. The largest absolute Gasteiger partial charge is 0.507 e. The quantitative estimate of drug-likeness (QED) is 0.604. The summed E-state index contributed by atoms with van der Waals surface area (Å²) >= 11 is 0. The van der Waals surface area contributed by atoms with Crippen LogP contribution in [0, 0.1) is 13.8 Å². The molecule has 2 rings (SSSR count). The molecule has 0 aromatic heterocycles. The van der Waals surface area contributed by atoms with Crippen LogP contribution in [0.3, 0.4) is 0 Å². The number of phenolic OH excluding ortho intramolecular Hbond substituents is 2. The van der Waals surface area contributed by atoms with E-state index < -0.39 is 7.92 Å². The van der Waals surface area contributed by atoms with Crippen molar-refractivity contribution < 1.29 is 10.2 Å². The second-order valence-corrected chi connectivity index (χ2v) is 9.43. The van der Waals surface area contributed by atoms with E-state index in [1.165, 1.54) is 11.1 Å². The van der Waals surface area contributed by atoms with Crippen LogP contribution in [0.2, 0.25) is 0 Å². The zero-order chi connectivity index (χ0) is 19.3. The zero-order valence-corrected chi connectivity index (χ0v) is 17.8. The molecule has 2 N–H and O–H groups in total. The topological polar surface area (TPSA) is 40.5 Å². The minimum atomic E-state index is -0.807. The van der Waals surface area contributed by atoms with Crippen LogP contribution >= 0.6 is 7.92 Å². The van der Waals surface area contributed by atoms with Gasteiger partial charge in [-0.2, -0.15) is 0 Å². The third-order valence-corrected chi connectivity index (χ3v) is 7.08. The maximum atomic E-state index is 10.9. The number of hydrogen-bond donors (Lipinski definition) is 2. The van der Waals surface area contributed by atoms with Crippen LogP contribution in [0.25, 0.3) is 0 Å². The molecule has 0 saturated carbocycles. The summed E-state index contributed by atoms with van der Waals surface area (Å²) in [6, 6.07) is 8.37. The van der Waals surface area contributed by atoms with Crippen molar-refractivity contribution in [2.24, 2.45) is 0 Å². The lowest BCUT2D eigenvalue weighted by atomic mass is 10.0. The van der Waals surface area contributed by atoms with E-state index in [-0.39, 0.29) is 0 Å². The molecule has 0 aliphatic carbocycles. The maximum Gasteiger partial charge on any atom is 0.126 e. The Hall–Kier alpha value is -1.53. The average molecular weight is 372 g/mol. The highest BCUT2D eigenvalue weighted by Gasteiger charge is 2.20. The lowest BCUT2D eigenvalue weighted by Crippen LogP contribution is -2.15. The highest BCUT2D eigenvalue weighted by molar-refractivity contribution is 7.72. The second-order valence-electron chi connectivity index (χ2n) is 7.35. The van der Waals surface area contributed by atoms with E-state index in [9.17, 15) is 10.2 Å². The highest BCUT2D eigenvalue weighted by Crippen LogP contribution is 2.39. The molecule has 0 saturated heterocycles. The zero-order valence-electron chi connectivity index (χ0n) is 16.9. The van der Waals surface area contributed by atoms with Crippen LogP contribution < -0.4 is 10.6 Å². The Labute approximate surface area is 160 Å². The summed E-state index contributed by atoms with van der Waals surface area (Å²) in [4.78, 5) is 0. The molecule has 2 nitrogen and oxygen atoms in total. The molecule has 142 valence electrons. The van der Waals surface area contributed by atoms with Crippen LogP contribution in [0.1, 0.15) is 61.8 Å². The number of hydrogen-bond acceptors (Lipinski definition) is 2. The van der Waals surface area contributed by atoms with Gasteiger partial charge in [-0.25, -0.2) is 0 Å². The number of rotatable bonds is 8. The number of aryl methyl sites for hydroxylation is 4. The van der Waals surface area contributed by atoms with Crippen molar-refractivity contribution in [2.45, 2.75) is 66.2 Å². The molecule has 0 atom stereocenters. The molecule has 3 heteroatoms. The Morgan fingerprint density at radius 2 is 1.12 bits per heavy atom. The van der Waals surface area contributed by atoms with Gasteiger partial charge in [0, 0.05) is 10.6 Å². The molecule has 0 aliphatic rings. The molecule has 0 aliphatic heterocycles. The summed E-state index contributed by atoms with van der Waals surface area (Å²) in [5, 5.41) is 23.7. The van der Waals surface area contributed by atoms with Gasteiger partial charge >= 0.3 is 0 Å². The summed E-state index contributed by atoms with van der Waals surface area (Å²) in [7, 11) is -0.807. The van der Waals surface area contributed by atoms with Crippen molar-refractivity contribution in [1.82, 2.24) is 0 Å². The number of aromatic hydroxyl groups is 2. The Morgan fingerprint density at radius 3 is 1.46 bits per heavy atom. The van der Waals surface area contributed by atoms with E-state index >= 15 is 0 Å². The molecule has 0 amide bonds. The van der Waals surface area contributed by atoms with Crippen molar-refractivity contribution in [2.75, 3.05) is 6.66 Å². The molecule has 0 unspecified atom stereocenters. The van der Waals surface area contributed by atoms with E-state index in [1.807, 2.05) is 0 Å². The average Bonchev–Trinajstić information content (AvgIpc) is 2.61. The SMILES string of the molecule is CCCCc1cc(C)cc(P(C)c2cc(C)cc(CCCC)c2O)c1O. The third-order valence-electron chi connectivity index (χ3n) is 4.95. The molecule has 0 spiro atoms. The van der Waals surface area contributed by atoms with E-state index in [2.05, 4.69) is 58.6 Å². The van der Waals surface area contributed by atoms with Gasteiger partial charge in [0.1, 0.15) is 11.5 Å². The van der Waals surface area contributed by atoms with Crippen LogP contribution in [-0.2, 0) is 12.8 Å². The predicted molar refractivity (Wildman–Crippen MR) is 115 cm³/mol. The molecule has 0 fully saturated rings. The van der Waals surface area contributed by atoms with E-state index in [4.69, 9.17) is 0 Å². The number of unbranched alkanes of at least 4 members (excludes halogenated alkanes) is 2. The lowest BCUT2D eigenvalue weighted by molar-refractivity contribution is 0.470. The van der Waals surface area contributed by atoms with E-state index in [0.29, 0.717) is 11.5 Å². The first kappa shape index (κ1) is 20.8. The normalized spacial score (nSPS) is 11.3. The van der Waals surface area contributed by atoms with Gasteiger partial charge in [-0.15, -0.1) is 0 Å². The van der Waals surface area contributed by atoms with Gasteiger partial charge in [0.05, 0.1) is 0 Å². The van der Waals surface area contributed by atoms with Gasteiger partial charge in [0.25, 0.3) is 0 Å². The summed E-state index contributed by atoms with van der Waals surface area (Å²) < 4.78 is 0. The summed E-state index contributed by atoms with van der Waals surface area (Å²) in [6.45, 7) is 10.7. The van der Waals surface area contributed by atoms with E-state index in [1.54, 1.807) is 0 Å². The standard InChI is InChI=1S/C23H33O2P/c1-6-8-10-18-12-16(3)14-20(22(18)24)26(5)21-15-17(4)13-19(23(21)25)11-9-7-2/h12-15,24-25H,6-11H2,1-5H3. The fourth-order valence-corrected chi connectivity index (χ4v) is 5.40. The van der Waals surface area contributed by atoms with Gasteiger partial charge < -0.3 is 10.2 Å². The van der Waals surface area contributed by atoms with E-state index in [0.717, 1.165) is 60.3 Å². The molecule has 0 bridgehead atoms. The maximum absolute atomic E-state index is 10.9. The number of phenols is 2.